The summed E-state index contributed by atoms with van der Waals surface area (Å²) in [6.45, 7) is 0.650. The molecule has 0 aliphatic carbocycles. The Morgan fingerprint density at radius 2 is 1.94 bits per heavy atom. The van der Waals surface area contributed by atoms with Gasteiger partial charge in [0.1, 0.15) is 11.5 Å². The number of amides is 2. The van der Waals surface area contributed by atoms with Crippen molar-refractivity contribution in [3.8, 4) is 11.5 Å². The molecule has 0 fully saturated rings. The number of ketones is 1. The van der Waals surface area contributed by atoms with E-state index in [1.165, 1.54) is 29.2 Å². The topological polar surface area (TPSA) is 101 Å². The highest BCUT2D eigenvalue weighted by Gasteiger charge is 2.28. The molecule has 3 aromatic rings. The van der Waals surface area contributed by atoms with Gasteiger partial charge in [0, 0.05) is 18.7 Å². The van der Waals surface area contributed by atoms with E-state index in [0.717, 1.165) is 0 Å². The predicted octanol–water partition coefficient (Wildman–Crippen LogP) is 2.90. The van der Waals surface area contributed by atoms with Gasteiger partial charge in [0.25, 0.3) is 11.8 Å². The smallest absolute Gasteiger partial charge is 0.287 e. The van der Waals surface area contributed by atoms with Crippen molar-refractivity contribution in [1.82, 2.24) is 10.2 Å². The number of Topliss-reactive ketones (excluding diaryl/α,β-unsaturated/α-hetero) is 1. The third kappa shape index (κ3) is 5.89. The van der Waals surface area contributed by atoms with E-state index in [4.69, 9.17) is 13.9 Å². The number of furan rings is 1. The van der Waals surface area contributed by atoms with Crippen LogP contribution in [-0.2, 0) is 11.3 Å². The quantitative estimate of drug-likeness (QED) is 0.432. The molecule has 0 spiro atoms. The Labute approximate surface area is 207 Å². The van der Waals surface area contributed by atoms with Gasteiger partial charge in [-0.15, -0.1) is 0 Å². The third-order valence-corrected chi connectivity index (χ3v) is 5.46. The van der Waals surface area contributed by atoms with Gasteiger partial charge >= 0.3 is 0 Å². The number of fused-ring (bicyclic) bond motifs is 1. The van der Waals surface area contributed by atoms with Crippen molar-refractivity contribution < 1.29 is 32.7 Å². The van der Waals surface area contributed by atoms with Crippen LogP contribution in [-0.4, -0.2) is 62.9 Å². The summed E-state index contributed by atoms with van der Waals surface area (Å²) in [5.41, 5.74) is 0.658. The molecular weight excluding hydrogens is 469 g/mol. The fourth-order valence-corrected chi connectivity index (χ4v) is 3.56. The SMILES string of the molecule is CN(C)CCNC(=O)c1ccc(CN2C(=O)COc3ccc(C(=O)COc4ccccc4F)cc32)o1. The van der Waals surface area contributed by atoms with Gasteiger partial charge < -0.3 is 24.1 Å². The lowest BCUT2D eigenvalue weighted by Crippen LogP contribution is -2.38. The lowest BCUT2D eigenvalue weighted by molar-refractivity contribution is -0.121. The Balaban J connectivity index is 1.46. The number of rotatable bonds is 10. The number of hydrogen-bond donors (Lipinski definition) is 1. The van der Waals surface area contributed by atoms with Crippen molar-refractivity contribution in [2.45, 2.75) is 6.54 Å². The first-order chi connectivity index (χ1) is 17.3. The van der Waals surface area contributed by atoms with Crippen LogP contribution in [0.2, 0.25) is 0 Å². The maximum absolute atomic E-state index is 13.8. The molecule has 0 saturated heterocycles. The van der Waals surface area contributed by atoms with Gasteiger partial charge in [-0.2, -0.15) is 0 Å². The lowest BCUT2D eigenvalue weighted by Gasteiger charge is -2.29. The summed E-state index contributed by atoms with van der Waals surface area (Å²) in [6, 6.07) is 13.7. The van der Waals surface area contributed by atoms with Crippen LogP contribution >= 0.6 is 0 Å². The number of halogens is 1. The number of para-hydroxylation sites is 1. The largest absolute Gasteiger partial charge is 0.482 e. The van der Waals surface area contributed by atoms with Crippen LogP contribution in [0.4, 0.5) is 10.1 Å². The second-order valence-corrected chi connectivity index (χ2v) is 8.42. The highest BCUT2D eigenvalue weighted by Crippen LogP contribution is 2.34. The van der Waals surface area contributed by atoms with Crippen molar-refractivity contribution in [3.63, 3.8) is 0 Å². The maximum atomic E-state index is 13.8. The number of nitrogens with one attached hydrogen (secondary N) is 1. The summed E-state index contributed by atoms with van der Waals surface area (Å²) in [6.07, 6.45) is 0. The van der Waals surface area contributed by atoms with Crippen LogP contribution in [0.3, 0.4) is 0 Å². The van der Waals surface area contributed by atoms with Gasteiger partial charge in [-0.05, 0) is 56.6 Å². The highest BCUT2D eigenvalue weighted by molar-refractivity contribution is 6.02. The number of carbonyl (C=O) groups is 3. The number of benzene rings is 2. The molecule has 9 nitrogen and oxygen atoms in total. The van der Waals surface area contributed by atoms with Gasteiger partial charge in [0.2, 0.25) is 0 Å². The molecular formula is C26H26FN3O6. The number of hydrogen-bond acceptors (Lipinski definition) is 7. The number of nitrogens with zero attached hydrogens (tertiary/aromatic N) is 2. The summed E-state index contributed by atoms with van der Waals surface area (Å²) < 4.78 is 30.3. The van der Waals surface area contributed by atoms with E-state index in [0.29, 0.717) is 30.3 Å². The zero-order valence-electron chi connectivity index (χ0n) is 20.0. The van der Waals surface area contributed by atoms with Crippen LogP contribution in [0.5, 0.6) is 11.5 Å². The first-order valence-corrected chi connectivity index (χ1v) is 11.3. The van der Waals surface area contributed by atoms with Gasteiger partial charge in [0.15, 0.2) is 36.3 Å². The molecule has 2 heterocycles. The zero-order chi connectivity index (χ0) is 25.7. The molecule has 0 radical (unpaired) electrons. The monoisotopic (exact) mass is 495 g/mol. The molecule has 0 unspecified atom stereocenters. The minimum absolute atomic E-state index is 0.0247. The van der Waals surface area contributed by atoms with Crippen LogP contribution in [0.1, 0.15) is 26.7 Å². The van der Waals surface area contributed by atoms with Crippen molar-refractivity contribution in [1.29, 1.82) is 0 Å². The average molecular weight is 496 g/mol. The normalized spacial score (nSPS) is 12.8. The Bertz CT molecular complexity index is 1270. The summed E-state index contributed by atoms with van der Waals surface area (Å²) in [5, 5.41) is 2.77. The first kappa shape index (κ1) is 24.9. The first-order valence-electron chi connectivity index (χ1n) is 11.3. The minimum Gasteiger partial charge on any atom is -0.482 e. The standard InChI is InChI=1S/C26H26FN3O6/c1-29(2)12-11-28-26(33)24-10-8-18(36-24)14-30-20-13-17(7-9-23(20)35-16-25(30)32)21(31)15-34-22-6-4-3-5-19(22)27/h3-10,13H,11-12,14-16H2,1-2H3,(H,28,33). The van der Waals surface area contributed by atoms with Crippen LogP contribution in [0.15, 0.2) is 59.0 Å². The van der Waals surface area contributed by atoms with Gasteiger partial charge in [0.05, 0.1) is 12.2 Å². The van der Waals surface area contributed by atoms with Crippen LogP contribution in [0.25, 0.3) is 0 Å². The molecule has 0 saturated carbocycles. The second-order valence-electron chi connectivity index (χ2n) is 8.42. The molecule has 10 heteroatoms. The van der Waals surface area contributed by atoms with Crippen LogP contribution in [0, 0.1) is 5.82 Å². The Morgan fingerprint density at radius 3 is 2.72 bits per heavy atom. The molecule has 0 atom stereocenters. The lowest BCUT2D eigenvalue weighted by atomic mass is 10.1. The minimum atomic E-state index is -0.565. The molecule has 1 aliphatic heterocycles. The number of carbonyl (C=O) groups excluding carboxylic acids is 3. The fraction of sp³-hybridized carbons (Fsp3) is 0.269. The molecule has 0 bridgehead atoms. The van der Waals surface area contributed by atoms with E-state index in [1.54, 1.807) is 30.3 Å². The third-order valence-electron chi connectivity index (χ3n) is 5.46. The Hall–Kier alpha value is -4.18. The number of likely N-dealkylation sites (N-methyl/N-ethyl adjacent to an activating group) is 1. The molecule has 1 aliphatic rings. The zero-order valence-corrected chi connectivity index (χ0v) is 20.0. The number of anilines is 1. The molecule has 1 aromatic heterocycles. The van der Waals surface area contributed by atoms with E-state index >= 15 is 0 Å². The van der Waals surface area contributed by atoms with Crippen LogP contribution < -0.4 is 19.7 Å². The summed E-state index contributed by atoms with van der Waals surface area (Å²) in [4.78, 5) is 41.0. The molecule has 188 valence electrons. The molecule has 4 rings (SSSR count). The van der Waals surface area contributed by atoms with E-state index in [2.05, 4.69) is 5.32 Å². The van der Waals surface area contributed by atoms with Crippen molar-refractivity contribution >= 4 is 23.3 Å². The van der Waals surface area contributed by atoms with Gasteiger partial charge in [-0.3, -0.25) is 19.3 Å². The van der Waals surface area contributed by atoms with Crippen molar-refractivity contribution in [3.05, 3.63) is 77.5 Å². The molecule has 36 heavy (non-hydrogen) atoms. The van der Waals surface area contributed by atoms with Gasteiger partial charge in [-0.1, -0.05) is 12.1 Å². The second kappa shape index (κ2) is 11.0. The van der Waals surface area contributed by atoms with Gasteiger partial charge in [-0.25, -0.2) is 4.39 Å². The van der Waals surface area contributed by atoms with E-state index in [9.17, 15) is 18.8 Å². The summed E-state index contributed by atoms with van der Waals surface area (Å²) >= 11 is 0. The number of ether oxygens (including phenoxy) is 2. The summed E-state index contributed by atoms with van der Waals surface area (Å²) in [7, 11) is 3.81. The maximum Gasteiger partial charge on any atom is 0.287 e. The summed E-state index contributed by atoms with van der Waals surface area (Å²) in [5.74, 6) is -0.702. The highest BCUT2D eigenvalue weighted by atomic mass is 19.1. The van der Waals surface area contributed by atoms with Crippen molar-refractivity contribution in [2.75, 3.05) is 45.3 Å². The Morgan fingerprint density at radius 1 is 1.14 bits per heavy atom. The average Bonchev–Trinajstić information content (AvgIpc) is 3.33. The van der Waals surface area contributed by atoms with E-state index in [-0.39, 0.29) is 48.6 Å². The molecule has 2 amide bonds. The Kier molecular flexibility index (Phi) is 7.65. The fourth-order valence-electron chi connectivity index (χ4n) is 3.56. The molecule has 1 N–H and O–H groups in total. The van der Waals surface area contributed by atoms with E-state index < -0.39 is 11.6 Å². The predicted molar refractivity (Wildman–Crippen MR) is 129 cm³/mol. The molecule has 2 aromatic carbocycles. The van der Waals surface area contributed by atoms with Crippen molar-refractivity contribution in [2.24, 2.45) is 0 Å². The van der Waals surface area contributed by atoms with E-state index in [1.807, 2.05) is 19.0 Å².